The largest absolute Gasteiger partial charge is 0.394 e. The Morgan fingerprint density at radius 2 is 1.84 bits per heavy atom. The van der Waals surface area contributed by atoms with Gasteiger partial charge in [-0.05, 0) is 34.1 Å². The van der Waals surface area contributed by atoms with Gasteiger partial charge >= 0.3 is 0 Å². The van der Waals surface area contributed by atoms with E-state index in [-0.39, 0.29) is 12.2 Å². The molecule has 0 heterocycles. The number of anilines is 1. The van der Waals surface area contributed by atoms with E-state index in [2.05, 4.69) is 21.2 Å². The quantitative estimate of drug-likeness (QED) is 0.893. The summed E-state index contributed by atoms with van der Waals surface area (Å²) in [7, 11) is 0. The molecule has 1 unspecified atom stereocenters. The minimum atomic E-state index is -0.943. The van der Waals surface area contributed by atoms with E-state index >= 15 is 0 Å². The van der Waals surface area contributed by atoms with Crippen molar-refractivity contribution in [1.29, 1.82) is 0 Å². The molecule has 0 spiro atoms. The van der Waals surface area contributed by atoms with Gasteiger partial charge in [0.05, 0.1) is 12.6 Å². The maximum absolute atomic E-state index is 13.7. The fourth-order valence-corrected chi connectivity index (χ4v) is 2.18. The van der Waals surface area contributed by atoms with Crippen LogP contribution in [-0.4, -0.2) is 11.7 Å². The smallest absolute Gasteiger partial charge is 0.164 e. The van der Waals surface area contributed by atoms with E-state index in [4.69, 9.17) is 0 Å². The molecule has 0 amide bonds. The number of halogens is 3. The summed E-state index contributed by atoms with van der Waals surface area (Å²) in [5.41, 5.74) is 0.795. The van der Waals surface area contributed by atoms with Crippen LogP contribution in [0.2, 0.25) is 0 Å². The zero-order chi connectivity index (χ0) is 13.8. The number of hydrogen-bond donors (Lipinski definition) is 2. The standard InChI is InChI=1S/C14H12BrF2NO/c15-10-5-1-2-7-12(10)18-13(8-19)9-4-3-6-11(16)14(9)17/h1-7,13,18-19H,8H2. The van der Waals surface area contributed by atoms with Crippen molar-refractivity contribution in [2.24, 2.45) is 0 Å². The third kappa shape index (κ3) is 3.11. The molecule has 2 aromatic rings. The molecule has 100 valence electrons. The number of aliphatic hydroxyl groups excluding tert-OH is 1. The first-order valence-electron chi connectivity index (χ1n) is 5.69. The molecule has 0 saturated carbocycles. The average molecular weight is 328 g/mol. The molecule has 2 nitrogen and oxygen atoms in total. The van der Waals surface area contributed by atoms with Crippen LogP contribution in [0.1, 0.15) is 11.6 Å². The van der Waals surface area contributed by atoms with Gasteiger partial charge in [0, 0.05) is 15.7 Å². The molecular weight excluding hydrogens is 316 g/mol. The normalized spacial score (nSPS) is 12.2. The summed E-state index contributed by atoms with van der Waals surface area (Å²) < 4.78 is 27.7. The van der Waals surface area contributed by atoms with Crippen molar-refractivity contribution in [3.8, 4) is 0 Å². The van der Waals surface area contributed by atoms with Gasteiger partial charge in [0.15, 0.2) is 11.6 Å². The van der Waals surface area contributed by atoms with Crippen molar-refractivity contribution in [3.05, 3.63) is 64.1 Å². The highest BCUT2D eigenvalue weighted by Crippen LogP contribution is 2.27. The van der Waals surface area contributed by atoms with Crippen LogP contribution in [0.15, 0.2) is 46.9 Å². The molecule has 0 bridgehead atoms. The van der Waals surface area contributed by atoms with E-state index in [1.165, 1.54) is 12.1 Å². The Morgan fingerprint density at radius 3 is 2.53 bits per heavy atom. The van der Waals surface area contributed by atoms with Crippen LogP contribution in [0.5, 0.6) is 0 Å². The van der Waals surface area contributed by atoms with Crippen molar-refractivity contribution < 1.29 is 13.9 Å². The molecule has 0 fully saturated rings. The fourth-order valence-electron chi connectivity index (χ4n) is 1.78. The summed E-state index contributed by atoms with van der Waals surface area (Å²) in [4.78, 5) is 0. The highest BCUT2D eigenvalue weighted by atomic mass is 79.9. The lowest BCUT2D eigenvalue weighted by Gasteiger charge is -2.19. The molecule has 0 aliphatic carbocycles. The first-order valence-corrected chi connectivity index (χ1v) is 6.48. The van der Waals surface area contributed by atoms with Crippen molar-refractivity contribution in [3.63, 3.8) is 0 Å². The third-order valence-corrected chi connectivity index (χ3v) is 3.43. The van der Waals surface area contributed by atoms with Crippen LogP contribution in [0.4, 0.5) is 14.5 Å². The van der Waals surface area contributed by atoms with Gasteiger partial charge in [-0.2, -0.15) is 0 Å². The van der Waals surface area contributed by atoms with Gasteiger partial charge in [0.1, 0.15) is 0 Å². The van der Waals surface area contributed by atoms with Crippen molar-refractivity contribution in [1.82, 2.24) is 0 Å². The lowest BCUT2D eigenvalue weighted by molar-refractivity contribution is 0.273. The Kier molecular flexibility index (Phi) is 4.50. The predicted octanol–water partition coefficient (Wildman–Crippen LogP) is 3.87. The molecule has 0 saturated heterocycles. The van der Waals surface area contributed by atoms with Crippen molar-refractivity contribution >= 4 is 21.6 Å². The van der Waals surface area contributed by atoms with E-state index in [1.807, 2.05) is 18.2 Å². The number of aliphatic hydroxyl groups is 1. The van der Waals surface area contributed by atoms with Crippen LogP contribution in [0, 0.1) is 11.6 Å². The number of benzene rings is 2. The number of hydrogen-bond acceptors (Lipinski definition) is 2. The van der Waals surface area contributed by atoms with Gasteiger partial charge in [0.25, 0.3) is 0 Å². The first kappa shape index (κ1) is 14.0. The Bertz CT molecular complexity index is 577. The summed E-state index contributed by atoms with van der Waals surface area (Å²) in [6.07, 6.45) is 0. The van der Waals surface area contributed by atoms with E-state index in [0.717, 1.165) is 10.5 Å². The minimum Gasteiger partial charge on any atom is -0.394 e. The van der Waals surface area contributed by atoms with Gasteiger partial charge in [-0.1, -0.05) is 24.3 Å². The number of nitrogens with one attached hydrogen (secondary N) is 1. The summed E-state index contributed by atoms with van der Waals surface area (Å²) >= 11 is 3.35. The molecule has 0 aromatic heterocycles. The van der Waals surface area contributed by atoms with Gasteiger partial charge in [-0.15, -0.1) is 0 Å². The second kappa shape index (κ2) is 6.12. The third-order valence-electron chi connectivity index (χ3n) is 2.74. The summed E-state index contributed by atoms with van der Waals surface area (Å²) in [5, 5.41) is 12.4. The summed E-state index contributed by atoms with van der Waals surface area (Å²) in [6.45, 7) is -0.346. The Hall–Kier alpha value is -1.46. The van der Waals surface area contributed by atoms with E-state index < -0.39 is 17.7 Å². The van der Waals surface area contributed by atoms with E-state index in [1.54, 1.807) is 6.07 Å². The van der Waals surface area contributed by atoms with Gasteiger partial charge in [-0.25, -0.2) is 8.78 Å². The summed E-state index contributed by atoms with van der Waals surface area (Å²) in [6, 6.07) is 10.4. The molecule has 2 aromatic carbocycles. The van der Waals surface area contributed by atoms with Crippen LogP contribution in [-0.2, 0) is 0 Å². The maximum atomic E-state index is 13.7. The Balaban J connectivity index is 2.31. The lowest BCUT2D eigenvalue weighted by Crippen LogP contribution is -2.17. The molecule has 0 radical (unpaired) electrons. The monoisotopic (exact) mass is 327 g/mol. The Morgan fingerprint density at radius 1 is 1.11 bits per heavy atom. The highest BCUT2D eigenvalue weighted by Gasteiger charge is 2.18. The van der Waals surface area contributed by atoms with Crippen molar-refractivity contribution in [2.45, 2.75) is 6.04 Å². The predicted molar refractivity (Wildman–Crippen MR) is 73.9 cm³/mol. The Labute approximate surface area is 118 Å². The highest BCUT2D eigenvalue weighted by molar-refractivity contribution is 9.10. The van der Waals surface area contributed by atoms with Gasteiger partial charge < -0.3 is 10.4 Å². The second-order valence-electron chi connectivity index (χ2n) is 4.00. The fraction of sp³-hybridized carbons (Fsp3) is 0.143. The van der Waals surface area contributed by atoms with Gasteiger partial charge in [0.2, 0.25) is 0 Å². The minimum absolute atomic E-state index is 0.0956. The molecule has 2 rings (SSSR count). The maximum Gasteiger partial charge on any atom is 0.164 e. The second-order valence-corrected chi connectivity index (χ2v) is 4.86. The molecule has 0 aliphatic rings. The topological polar surface area (TPSA) is 32.3 Å². The lowest BCUT2D eigenvalue weighted by atomic mass is 10.1. The molecule has 0 aliphatic heterocycles. The van der Waals surface area contributed by atoms with Crippen LogP contribution in [0.25, 0.3) is 0 Å². The molecular formula is C14H12BrF2NO. The SMILES string of the molecule is OCC(Nc1ccccc1Br)c1cccc(F)c1F. The van der Waals surface area contributed by atoms with Crippen LogP contribution < -0.4 is 5.32 Å². The average Bonchev–Trinajstić information content (AvgIpc) is 2.41. The van der Waals surface area contributed by atoms with E-state index in [9.17, 15) is 13.9 Å². The van der Waals surface area contributed by atoms with Crippen molar-refractivity contribution in [2.75, 3.05) is 11.9 Å². The number of para-hydroxylation sites is 1. The van der Waals surface area contributed by atoms with E-state index in [0.29, 0.717) is 5.69 Å². The summed E-state index contributed by atoms with van der Waals surface area (Å²) in [5.74, 6) is -1.87. The molecule has 2 N–H and O–H groups in total. The first-order chi connectivity index (χ1) is 9.13. The molecule has 1 atom stereocenters. The van der Waals surface area contributed by atoms with Crippen LogP contribution >= 0.6 is 15.9 Å². The molecule has 5 heteroatoms. The zero-order valence-corrected chi connectivity index (χ0v) is 11.5. The molecule has 19 heavy (non-hydrogen) atoms. The van der Waals surface area contributed by atoms with Gasteiger partial charge in [-0.3, -0.25) is 0 Å². The zero-order valence-electron chi connectivity index (χ0n) is 9.91. The van der Waals surface area contributed by atoms with Crippen LogP contribution in [0.3, 0.4) is 0 Å². The number of rotatable bonds is 4.